The molecule has 2 fully saturated rings. The SMILES string of the molecule is O=C(O)[C@@]12CCC[C@H]1CN(Cc1cnn(-c3ccc(F)cc3)c1)C2. The lowest BCUT2D eigenvalue weighted by Crippen LogP contribution is -2.35. The summed E-state index contributed by atoms with van der Waals surface area (Å²) < 4.78 is 14.7. The topological polar surface area (TPSA) is 58.4 Å². The molecule has 1 N–H and O–H groups in total. The van der Waals surface area contributed by atoms with Crippen LogP contribution < -0.4 is 0 Å². The van der Waals surface area contributed by atoms with Crippen molar-refractivity contribution in [2.45, 2.75) is 25.8 Å². The minimum absolute atomic E-state index is 0.266. The van der Waals surface area contributed by atoms with Crippen LogP contribution >= 0.6 is 0 Å². The van der Waals surface area contributed by atoms with Crippen LogP contribution in [-0.4, -0.2) is 38.8 Å². The lowest BCUT2D eigenvalue weighted by atomic mass is 9.81. The van der Waals surface area contributed by atoms with Crippen LogP contribution in [0.25, 0.3) is 5.69 Å². The van der Waals surface area contributed by atoms with E-state index in [-0.39, 0.29) is 11.7 Å². The minimum atomic E-state index is -0.644. The first-order valence-corrected chi connectivity index (χ1v) is 8.32. The molecule has 126 valence electrons. The van der Waals surface area contributed by atoms with Crippen LogP contribution in [0.2, 0.25) is 0 Å². The quantitative estimate of drug-likeness (QED) is 0.937. The van der Waals surface area contributed by atoms with E-state index in [1.54, 1.807) is 23.0 Å². The molecule has 2 aliphatic rings. The van der Waals surface area contributed by atoms with Crippen molar-refractivity contribution in [3.05, 3.63) is 48.0 Å². The van der Waals surface area contributed by atoms with Gasteiger partial charge in [-0.15, -0.1) is 0 Å². The number of nitrogens with zero attached hydrogens (tertiary/aromatic N) is 3. The van der Waals surface area contributed by atoms with Gasteiger partial charge in [-0.2, -0.15) is 5.10 Å². The Bertz CT molecular complexity index is 758. The van der Waals surface area contributed by atoms with Gasteiger partial charge < -0.3 is 5.11 Å². The number of likely N-dealkylation sites (tertiary alicyclic amines) is 1. The van der Waals surface area contributed by atoms with Crippen molar-refractivity contribution in [1.29, 1.82) is 0 Å². The molecule has 0 amide bonds. The van der Waals surface area contributed by atoms with Gasteiger partial charge >= 0.3 is 5.97 Å². The number of rotatable bonds is 4. The molecule has 1 aromatic carbocycles. The molecule has 1 aliphatic heterocycles. The van der Waals surface area contributed by atoms with E-state index in [9.17, 15) is 14.3 Å². The monoisotopic (exact) mass is 329 g/mol. The average Bonchev–Trinajstić information content (AvgIpc) is 3.22. The second kappa shape index (κ2) is 5.70. The number of aliphatic carboxylic acids is 1. The van der Waals surface area contributed by atoms with E-state index in [0.717, 1.165) is 37.1 Å². The third kappa shape index (κ3) is 2.51. The largest absolute Gasteiger partial charge is 0.481 e. The van der Waals surface area contributed by atoms with E-state index in [1.165, 1.54) is 12.1 Å². The number of carbonyl (C=O) groups is 1. The maximum Gasteiger partial charge on any atom is 0.311 e. The predicted molar refractivity (Wildman–Crippen MR) is 86.2 cm³/mol. The Morgan fingerprint density at radius 1 is 1.38 bits per heavy atom. The van der Waals surface area contributed by atoms with Crippen LogP contribution in [0.1, 0.15) is 24.8 Å². The lowest BCUT2D eigenvalue weighted by Gasteiger charge is -2.23. The van der Waals surface area contributed by atoms with E-state index in [2.05, 4.69) is 10.00 Å². The number of hydrogen-bond acceptors (Lipinski definition) is 3. The van der Waals surface area contributed by atoms with E-state index in [0.29, 0.717) is 13.1 Å². The van der Waals surface area contributed by atoms with E-state index >= 15 is 0 Å². The highest BCUT2D eigenvalue weighted by Gasteiger charge is 2.54. The van der Waals surface area contributed by atoms with Gasteiger partial charge in [0.05, 0.1) is 17.3 Å². The molecule has 0 bridgehead atoms. The summed E-state index contributed by atoms with van der Waals surface area (Å²) >= 11 is 0. The highest BCUT2D eigenvalue weighted by Crippen LogP contribution is 2.49. The molecule has 6 heteroatoms. The normalized spacial score (nSPS) is 26.6. The van der Waals surface area contributed by atoms with Crippen molar-refractivity contribution in [2.75, 3.05) is 13.1 Å². The summed E-state index contributed by atoms with van der Waals surface area (Å²) in [4.78, 5) is 14.0. The van der Waals surface area contributed by atoms with Gasteiger partial charge in [0.25, 0.3) is 0 Å². The van der Waals surface area contributed by atoms with E-state index < -0.39 is 11.4 Å². The smallest absolute Gasteiger partial charge is 0.311 e. The number of benzene rings is 1. The van der Waals surface area contributed by atoms with Gasteiger partial charge in [0.2, 0.25) is 0 Å². The zero-order chi connectivity index (χ0) is 16.7. The lowest BCUT2D eigenvalue weighted by molar-refractivity contribution is -0.149. The number of halogens is 1. The number of fused-ring (bicyclic) bond motifs is 1. The van der Waals surface area contributed by atoms with Crippen LogP contribution in [0.5, 0.6) is 0 Å². The van der Waals surface area contributed by atoms with Crippen molar-refractivity contribution in [1.82, 2.24) is 14.7 Å². The highest BCUT2D eigenvalue weighted by molar-refractivity contribution is 5.76. The van der Waals surface area contributed by atoms with Crippen molar-refractivity contribution in [3.63, 3.8) is 0 Å². The van der Waals surface area contributed by atoms with Gasteiger partial charge in [-0.1, -0.05) is 6.42 Å². The van der Waals surface area contributed by atoms with Crippen LogP contribution in [0.4, 0.5) is 4.39 Å². The van der Waals surface area contributed by atoms with Crippen molar-refractivity contribution in [2.24, 2.45) is 11.3 Å². The van der Waals surface area contributed by atoms with Gasteiger partial charge in [-0.3, -0.25) is 9.69 Å². The van der Waals surface area contributed by atoms with Gasteiger partial charge in [0.1, 0.15) is 5.82 Å². The Labute approximate surface area is 139 Å². The fourth-order valence-corrected chi connectivity index (χ4v) is 4.30. The third-order valence-electron chi connectivity index (χ3n) is 5.50. The minimum Gasteiger partial charge on any atom is -0.481 e. The van der Waals surface area contributed by atoms with E-state index in [4.69, 9.17) is 0 Å². The maximum absolute atomic E-state index is 13.0. The number of hydrogen-bond donors (Lipinski definition) is 1. The predicted octanol–water partition coefficient (Wildman–Crippen LogP) is 2.70. The summed E-state index contributed by atoms with van der Waals surface area (Å²) in [5.41, 5.74) is 1.30. The van der Waals surface area contributed by atoms with Gasteiger partial charge in [-0.05, 0) is 43.0 Å². The average molecular weight is 329 g/mol. The molecule has 0 radical (unpaired) electrons. The van der Waals surface area contributed by atoms with Crippen molar-refractivity contribution in [3.8, 4) is 5.69 Å². The molecule has 1 aromatic heterocycles. The second-order valence-corrected chi connectivity index (χ2v) is 6.99. The summed E-state index contributed by atoms with van der Waals surface area (Å²) in [6.07, 6.45) is 6.54. The Balaban J connectivity index is 1.47. The molecule has 1 aliphatic carbocycles. The van der Waals surface area contributed by atoms with Gasteiger partial charge in [0.15, 0.2) is 0 Å². The molecule has 1 saturated carbocycles. The molecule has 5 nitrogen and oxygen atoms in total. The summed E-state index contributed by atoms with van der Waals surface area (Å²) in [6, 6.07) is 6.20. The Morgan fingerprint density at radius 2 is 2.17 bits per heavy atom. The fourth-order valence-electron chi connectivity index (χ4n) is 4.30. The number of aromatic nitrogens is 2. The fraction of sp³-hybridized carbons (Fsp3) is 0.444. The summed E-state index contributed by atoms with van der Waals surface area (Å²) in [5, 5.41) is 14.0. The van der Waals surface area contributed by atoms with Crippen molar-refractivity contribution >= 4 is 5.97 Å². The molecule has 2 atom stereocenters. The summed E-state index contributed by atoms with van der Waals surface area (Å²) in [5.74, 6) is -0.648. The van der Waals surface area contributed by atoms with Gasteiger partial charge in [-0.25, -0.2) is 9.07 Å². The van der Waals surface area contributed by atoms with Crippen LogP contribution in [-0.2, 0) is 11.3 Å². The van der Waals surface area contributed by atoms with Crippen molar-refractivity contribution < 1.29 is 14.3 Å². The van der Waals surface area contributed by atoms with Crippen LogP contribution in [0.15, 0.2) is 36.7 Å². The molecular weight excluding hydrogens is 309 g/mol. The zero-order valence-corrected chi connectivity index (χ0v) is 13.4. The molecule has 0 unspecified atom stereocenters. The third-order valence-corrected chi connectivity index (χ3v) is 5.50. The molecule has 4 rings (SSSR count). The zero-order valence-electron chi connectivity index (χ0n) is 13.4. The van der Waals surface area contributed by atoms with Gasteiger partial charge in [0, 0.05) is 31.4 Å². The standard InChI is InChI=1S/C18H20FN3O2/c19-15-3-5-16(6-4-15)22-10-13(8-20-22)9-21-11-14-2-1-7-18(14,12-21)17(23)24/h3-6,8,10,14H,1-2,7,9,11-12H2,(H,23,24)/t14-,18+/m0/s1. The Hall–Kier alpha value is -2.21. The van der Waals surface area contributed by atoms with E-state index in [1.807, 2.05) is 6.20 Å². The summed E-state index contributed by atoms with van der Waals surface area (Å²) in [7, 11) is 0. The maximum atomic E-state index is 13.0. The number of carboxylic acid groups (broad SMARTS) is 1. The highest BCUT2D eigenvalue weighted by atomic mass is 19.1. The second-order valence-electron chi connectivity index (χ2n) is 6.99. The Morgan fingerprint density at radius 3 is 2.88 bits per heavy atom. The molecule has 1 saturated heterocycles. The first kappa shape index (κ1) is 15.3. The first-order valence-electron chi connectivity index (χ1n) is 8.32. The van der Waals surface area contributed by atoms with Crippen LogP contribution in [0.3, 0.4) is 0 Å². The molecule has 2 aromatic rings. The Kier molecular flexibility index (Phi) is 3.64. The molecule has 24 heavy (non-hydrogen) atoms. The molecule has 2 heterocycles. The molecular formula is C18H20FN3O2. The molecule has 0 spiro atoms. The van der Waals surface area contributed by atoms with Crippen LogP contribution in [0, 0.1) is 17.2 Å². The first-order chi connectivity index (χ1) is 11.6. The summed E-state index contributed by atoms with van der Waals surface area (Å²) in [6.45, 7) is 2.16. The number of carboxylic acids is 1.